The summed E-state index contributed by atoms with van der Waals surface area (Å²) in [6, 6.07) is 2.96. The molecule has 1 aromatic carbocycles. The molecule has 15 heavy (non-hydrogen) atoms. The fourth-order valence-corrected chi connectivity index (χ4v) is 1.80. The minimum Gasteiger partial charge on any atom is -0.434 e. The topological polar surface area (TPSA) is 37.9 Å². The smallest absolute Gasteiger partial charge is 0.387 e. The minimum absolute atomic E-state index is 0.0284. The molecule has 3 nitrogen and oxygen atoms in total. The zero-order chi connectivity index (χ0) is 11.0. The van der Waals surface area contributed by atoms with Crippen molar-refractivity contribution in [1.29, 1.82) is 0 Å². The molecule has 0 bridgehead atoms. The Labute approximate surface area is 96.5 Å². The van der Waals surface area contributed by atoms with Gasteiger partial charge in [-0.2, -0.15) is 8.78 Å². The van der Waals surface area contributed by atoms with E-state index in [0.717, 1.165) is 0 Å². The van der Waals surface area contributed by atoms with Crippen molar-refractivity contribution in [3.63, 3.8) is 0 Å². The van der Waals surface area contributed by atoms with Crippen LogP contribution < -0.4 is 4.74 Å². The van der Waals surface area contributed by atoms with Gasteiger partial charge >= 0.3 is 6.61 Å². The van der Waals surface area contributed by atoms with Gasteiger partial charge in [-0.05, 0) is 33.6 Å². The van der Waals surface area contributed by atoms with Crippen LogP contribution in [0, 0.1) is 0 Å². The van der Waals surface area contributed by atoms with Crippen molar-refractivity contribution in [2.45, 2.75) is 6.61 Å². The highest BCUT2D eigenvalue weighted by atomic mass is 79.9. The third kappa shape index (κ3) is 2.21. The van der Waals surface area contributed by atoms with E-state index < -0.39 is 6.61 Å². The molecule has 0 atom stereocenters. The van der Waals surface area contributed by atoms with Crippen LogP contribution in [-0.2, 0) is 0 Å². The summed E-state index contributed by atoms with van der Waals surface area (Å²) in [5.74, 6) is 0.0284. The molecular formula is C8H4BrClF2N2O. The molecule has 0 amide bonds. The Bertz CT molecular complexity index is 503. The number of ether oxygens (including phenoxy) is 1. The molecule has 0 radical (unpaired) electrons. The van der Waals surface area contributed by atoms with Crippen molar-refractivity contribution in [3.8, 4) is 5.75 Å². The summed E-state index contributed by atoms with van der Waals surface area (Å²) in [5, 5.41) is 0.200. The Morgan fingerprint density at radius 3 is 2.87 bits per heavy atom. The van der Waals surface area contributed by atoms with E-state index in [1.807, 2.05) is 0 Å². The molecule has 1 heterocycles. The Morgan fingerprint density at radius 1 is 1.47 bits per heavy atom. The number of nitrogens with zero attached hydrogens (tertiary/aromatic N) is 1. The Morgan fingerprint density at radius 2 is 2.20 bits per heavy atom. The lowest BCUT2D eigenvalue weighted by Crippen LogP contribution is -2.02. The number of hydrogen-bond acceptors (Lipinski definition) is 2. The summed E-state index contributed by atoms with van der Waals surface area (Å²) in [5.41, 5.74) is 1.12. The largest absolute Gasteiger partial charge is 0.434 e. The van der Waals surface area contributed by atoms with E-state index in [4.69, 9.17) is 11.6 Å². The van der Waals surface area contributed by atoms with Gasteiger partial charge < -0.3 is 9.72 Å². The van der Waals surface area contributed by atoms with Gasteiger partial charge in [-0.1, -0.05) is 0 Å². The number of aromatic nitrogens is 2. The van der Waals surface area contributed by atoms with Crippen LogP contribution in [0.5, 0.6) is 5.75 Å². The standard InChI is InChI=1S/C8H4BrClF2N2O/c9-3-1-4-5(14-7(10)13-4)2-6(3)15-8(11)12/h1-2,8H,(H,13,14). The summed E-state index contributed by atoms with van der Waals surface area (Å²) in [7, 11) is 0. The van der Waals surface area contributed by atoms with E-state index in [-0.39, 0.29) is 11.0 Å². The van der Waals surface area contributed by atoms with Gasteiger partial charge in [0.1, 0.15) is 5.75 Å². The van der Waals surface area contributed by atoms with Crippen LogP contribution in [0.2, 0.25) is 5.28 Å². The second-order valence-electron chi connectivity index (χ2n) is 2.71. The van der Waals surface area contributed by atoms with E-state index in [1.165, 1.54) is 6.07 Å². The second-order valence-corrected chi connectivity index (χ2v) is 3.92. The van der Waals surface area contributed by atoms with Crippen molar-refractivity contribution >= 4 is 38.6 Å². The Balaban J connectivity index is 2.51. The van der Waals surface area contributed by atoms with Crippen LogP contribution in [0.1, 0.15) is 0 Å². The molecule has 0 spiro atoms. The maximum absolute atomic E-state index is 12.0. The third-order valence-corrected chi connectivity index (χ3v) is 2.52. The summed E-state index contributed by atoms with van der Waals surface area (Å²) in [6.45, 7) is -2.87. The van der Waals surface area contributed by atoms with Gasteiger partial charge in [0.2, 0.25) is 5.28 Å². The molecule has 1 aromatic heterocycles. The molecule has 80 valence electrons. The van der Waals surface area contributed by atoms with Crippen molar-refractivity contribution in [2.75, 3.05) is 0 Å². The number of H-pyrrole nitrogens is 1. The highest BCUT2D eigenvalue weighted by molar-refractivity contribution is 9.10. The van der Waals surface area contributed by atoms with Crippen molar-refractivity contribution in [3.05, 3.63) is 21.9 Å². The molecule has 1 N–H and O–H groups in total. The SMILES string of the molecule is FC(F)Oc1cc2nc(Cl)[nH]c2cc1Br. The summed E-state index contributed by atoms with van der Waals surface area (Å²) in [4.78, 5) is 6.65. The van der Waals surface area contributed by atoms with Crippen molar-refractivity contribution in [2.24, 2.45) is 0 Å². The zero-order valence-electron chi connectivity index (χ0n) is 7.10. The Hall–Kier alpha value is -0.880. The van der Waals surface area contributed by atoms with Crippen LogP contribution in [0.4, 0.5) is 8.78 Å². The first-order chi connectivity index (χ1) is 7.06. The van der Waals surface area contributed by atoms with E-state index >= 15 is 0 Å². The maximum atomic E-state index is 12.0. The van der Waals surface area contributed by atoms with Gasteiger partial charge in [-0.3, -0.25) is 0 Å². The van der Waals surface area contributed by atoms with Crippen LogP contribution in [-0.4, -0.2) is 16.6 Å². The number of nitrogens with one attached hydrogen (secondary N) is 1. The van der Waals surface area contributed by atoms with Gasteiger partial charge in [0.05, 0.1) is 15.5 Å². The van der Waals surface area contributed by atoms with Crippen molar-refractivity contribution in [1.82, 2.24) is 9.97 Å². The molecule has 2 rings (SSSR count). The first kappa shape index (κ1) is 10.6. The third-order valence-electron chi connectivity index (χ3n) is 1.72. The zero-order valence-corrected chi connectivity index (χ0v) is 9.44. The van der Waals surface area contributed by atoms with Crippen LogP contribution in [0.25, 0.3) is 11.0 Å². The molecule has 0 saturated carbocycles. The lowest BCUT2D eigenvalue weighted by Gasteiger charge is -2.05. The van der Waals surface area contributed by atoms with Crippen LogP contribution in [0.3, 0.4) is 0 Å². The predicted octanol–water partition coefficient (Wildman–Crippen LogP) is 3.58. The van der Waals surface area contributed by atoms with E-state index in [1.54, 1.807) is 6.07 Å². The molecule has 0 unspecified atom stereocenters. The van der Waals surface area contributed by atoms with Crippen LogP contribution >= 0.6 is 27.5 Å². The van der Waals surface area contributed by atoms with E-state index in [9.17, 15) is 8.78 Å². The fourth-order valence-electron chi connectivity index (χ4n) is 1.17. The average molecular weight is 297 g/mol. The first-order valence-corrected chi connectivity index (χ1v) is 5.03. The summed E-state index contributed by atoms with van der Waals surface area (Å²) < 4.78 is 28.7. The van der Waals surface area contributed by atoms with Gasteiger partial charge in [0.25, 0.3) is 0 Å². The predicted molar refractivity (Wildman–Crippen MR) is 55.4 cm³/mol. The van der Waals surface area contributed by atoms with E-state index in [0.29, 0.717) is 15.5 Å². The summed E-state index contributed by atoms with van der Waals surface area (Å²) >= 11 is 8.73. The van der Waals surface area contributed by atoms with Gasteiger partial charge in [-0.25, -0.2) is 4.98 Å². The molecule has 2 aromatic rings. The quantitative estimate of drug-likeness (QED) is 0.920. The number of fused-ring (bicyclic) bond motifs is 1. The molecule has 0 aliphatic rings. The molecular weight excluding hydrogens is 293 g/mol. The van der Waals surface area contributed by atoms with Gasteiger partial charge in [0, 0.05) is 6.07 Å². The van der Waals surface area contributed by atoms with Crippen molar-refractivity contribution < 1.29 is 13.5 Å². The lowest BCUT2D eigenvalue weighted by atomic mass is 10.3. The van der Waals surface area contributed by atoms with Gasteiger partial charge in [-0.15, -0.1) is 0 Å². The molecule has 0 saturated heterocycles. The number of alkyl halides is 2. The highest BCUT2D eigenvalue weighted by Gasteiger charge is 2.11. The molecule has 7 heteroatoms. The van der Waals surface area contributed by atoms with E-state index in [2.05, 4.69) is 30.6 Å². The van der Waals surface area contributed by atoms with Gasteiger partial charge in [0.15, 0.2) is 0 Å². The number of hydrogen-bond donors (Lipinski definition) is 1. The monoisotopic (exact) mass is 296 g/mol. The Kier molecular flexibility index (Phi) is 2.79. The number of rotatable bonds is 2. The number of halogens is 4. The average Bonchev–Trinajstić information content (AvgIpc) is 2.44. The maximum Gasteiger partial charge on any atom is 0.387 e. The first-order valence-electron chi connectivity index (χ1n) is 3.86. The minimum atomic E-state index is -2.87. The van der Waals surface area contributed by atoms with Crippen LogP contribution in [0.15, 0.2) is 16.6 Å². The normalized spacial score (nSPS) is 11.3. The second kappa shape index (κ2) is 3.94. The molecule has 0 aliphatic carbocycles. The summed E-state index contributed by atoms with van der Waals surface area (Å²) in [6.07, 6.45) is 0. The molecule has 0 aliphatic heterocycles. The number of benzene rings is 1. The fraction of sp³-hybridized carbons (Fsp3) is 0.125. The number of aromatic amines is 1. The molecule has 0 fully saturated rings. The highest BCUT2D eigenvalue weighted by Crippen LogP contribution is 2.31. The lowest BCUT2D eigenvalue weighted by molar-refractivity contribution is -0.0502. The number of imidazole rings is 1.